The van der Waals surface area contributed by atoms with Crippen LogP contribution in [-0.4, -0.2) is 57.3 Å². The third-order valence-electron chi connectivity index (χ3n) is 4.56. The van der Waals surface area contributed by atoms with Crippen molar-refractivity contribution in [1.29, 1.82) is 0 Å². The Labute approximate surface area is 166 Å². The van der Waals surface area contributed by atoms with Crippen LogP contribution in [0.3, 0.4) is 0 Å². The average molecular weight is 409 g/mol. The normalized spacial score (nSPS) is 24.6. The van der Waals surface area contributed by atoms with Crippen LogP contribution in [0.15, 0.2) is 34.5 Å². The number of nitrogen functional groups attached to an aromatic ring is 1. The minimum atomic E-state index is -1.10. The van der Waals surface area contributed by atoms with Gasteiger partial charge in [0, 0.05) is 12.5 Å². The number of azo groups is 1. The number of nitrogens with zero attached hydrogens (tertiary/aromatic N) is 4. The van der Waals surface area contributed by atoms with Crippen molar-refractivity contribution in [3.63, 3.8) is 0 Å². The van der Waals surface area contributed by atoms with Crippen molar-refractivity contribution in [3.8, 4) is 5.75 Å². The molecule has 0 unspecified atom stereocenters. The first-order valence-corrected chi connectivity index (χ1v) is 8.93. The summed E-state index contributed by atoms with van der Waals surface area (Å²) >= 11 is 6.16. The van der Waals surface area contributed by atoms with Crippen molar-refractivity contribution in [1.82, 2.24) is 9.97 Å². The zero-order valence-electron chi connectivity index (χ0n) is 15.0. The van der Waals surface area contributed by atoms with Gasteiger partial charge in [0.15, 0.2) is 16.7 Å². The Morgan fingerprint density at radius 3 is 2.54 bits per heavy atom. The molecule has 11 heteroatoms. The van der Waals surface area contributed by atoms with E-state index in [0.717, 1.165) is 0 Å². The van der Waals surface area contributed by atoms with Gasteiger partial charge in [-0.05, 0) is 30.7 Å². The highest BCUT2D eigenvalue weighted by Gasteiger charge is 2.41. The third kappa shape index (κ3) is 4.30. The van der Waals surface area contributed by atoms with Gasteiger partial charge in [0.25, 0.3) is 0 Å². The van der Waals surface area contributed by atoms with Gasteiger partial charge in [-0.3, -0.25) is 0 Å². The molecule has 4 atom stereocenters. The molecule has 28 heavy (non-hydrogen) atoms. The Bertz CT molecular complexity index is 850. The van der Waals surface area contributed by atoms with Crippen LogP contribution in [0.4, 0.5) is 23.1 Å². The fourth-order valence-electron chi connectivity index (χ4n) is 3.01. The summed E-state index contributed by atoms with van der Waals surface area (Å²) in [5.41, 5.74) is 6.36. The SMILES string of the molecule is COc1ccc(/N=N/c2c(Cl)nc(N)nc2N[C@@H]2C[C@H](CO)[C@@H](O)[C@H]2O)cc1. The fourth-order valence-corrected chi connectivity index (χ4v) is 3.23. The van der Waals surface area contributed by atoms with E-state index in [4.69, 9.17) is 22.1 Å². The van der Waals surface area contributed by atoms with Crippen molar-refractivity contribution in [3.05, 3.63) is 29.4 Å². The lowest BCUT2D eigenvalue weighted by atomic mass is 10.1. The predicted octanol–water partition coefficient (Wildman–Crippen LogP) is 1.65. The summed E-state index contributed by atoms with van der Waals surface area (Å²) in [6, 6.07) is 6.32. The van der Waals surface area contributed by atoms with Crippen LogP contribution in [0.1, 0.15) is 6.42 Å². The lowest BCUT2D eigenvalue weighted by Crippen LogP contribution is -2.35. The quantitative estimate of drug-likeness (QED) is 0.356. The molecule has 1 heterocycles. The van der Waals surface area contributed by atoms with E-state index in [1.165, 1.54) is 0 Å². The number of halogens is 1. The van der Waals surface area contributed by atoms with Crippen LogP contribution in [0.5, 0.6) is 5.75 Å². The van der Waals surface area contributed by atoms with Crippen LogP contribution < -0.4 is 15.8 Å². The molecule has 10 nitrogen and oxygen atoms in total. The average Bonchev–Trinajstić information content (AvgIpc) is 2.95. The number of nitrogens with one attached hydrogen (secondary N) is 1. The summed E-state index contributed by atoms with van der Waals surface area (Å²) in [4.78, 5) is 7.97. The number of hydrogen-bond donors (Lipinski definition) is 5. The molecule has 1 aliphatic rings. The maximum absolute atomic E-state index is 10.2. The van der Waals surface area contributed by atoms with Crippen LogP contribution >= 0.6 is 11.6 Å². The molecule has 1 saturated carbocycles. The number of rotatable bonds is 6. The number of ether oxygens (including phenoxy) is 1. The first-order valence-electron chi connectivity index (χ1n) is 8.55. The zero-order valence-corrected chi connectivity index (χ0v) is 15.8. The second-order valence-electron chi connectivity index (χ2n) is 6.38. The molecule has 0 aliphatic heterocycles. The summed E-state index contributed by atoms with van der Waals surface area (Å²) < 4.78 is 5.10. The molecule has 150 valence electrons. The van der Waals surface area contributed by atoms with E-state index in [0.29, 0.717) is 17.9 Å². The van der Waals surface area contributed by atoms with E-state index >= 15 is 0 Å². The van der Waals surface area contributed by atoms with Gasteiger partial charge in [-0.25, -0.2) is 0 Å². The largest absolute Gasteiger partial charge is 0.497 e. The van der Waals surface area contributed by atoms with E-state index in [1.54, 1.807) is 31.4 Å². The van der Waals surface area contributed by atoms with Crippen molar-refractivity contribution in [2.45, 2.75) is 24.7 Å². The lowest BCUT2D eigenvalue weighted by molar-refractivity contribution is 0.00446. The topological polar surface area (TPSA) is 158 Å². The Kier molecular flexibility index (Phi) is 6.25. The number of aliphatic hydroxyl groups is 3. The molecule has 6 N–H and O–H groups in total. The first-order chi connectivity index (χ1) is 13.4. The summed E-state index contributed by atoms with van der Waals surface area (Å²) in [6.07, 6.45) is -1.82. The first kappa shape index (κ1) is 20.2. The third-order valence-corrected chi connectivity index (χ3v) is 4.82. The van der Waals surface area contributed by atoms with Gasteiger partial charge in [-0.2, -0.15) is 15.1 Å². The fraction of sp³-hybridized carbons (Fsp3) is 0.412. The van der Waals surface area contributed by atoms with Crippen LogP contribution in [0, 0.1) is 5.92 Å². The lowest BCUT2D eigenvalue weighted by Gasteiger charge is -2.19. The van der Waals surface area contributed by atoms with Gasteiger partial charge in [0.2, 0.25) is 5.95 Å². The van der Waals surface area contributed by atoms with Gasteiger partial charge in [-0.15, -0.1) is 5.11 Å². The number of anilines is 2. The summed E-state index contributed by atoms with van der Waals surface area (Å²) in [5, 5.41) is 40.7. The molecular formula is C17H21ClN6O4. The Balaban J connectivity index is 1.86. The number of aromatic nitrogens is 2. The van der Waals surface area contributed by atoms with Crippen LogP contribution in [-0.2, 0) is 0 Å². The molecule has 1 fully saturated rings. The summed E-state index contributed by atoms with van der Waals surface area (Å²) in [6.45, 7) is -0.243. The van der Waals surface area contributed by atoms with E-state index in [9.17, 15) is 15.3 Å². The Hall–Kier alpha value is -2.53. The summed E-state index contributed by atoms with van der Waals surface area (Å²) in [5.74, 6) is 0.321. The number of nitrogens with two attached hydrogens (primary N) is 1. The van der Waals surface area contributed by atoms with E-state index in [2.05, 4.69) is 25.5 Å². The number of methoxy groups -OCH3 is 1. The molecule has 3 rings (SSSR count). The molecular weight excluding hydrogens is 388 g/mol. The van der Waals surface area contributed by atoms with Gasteiger partial charge in [0.05, 0.1) is 24.9 Å². The monoisotopic (exact) mass is 408 g/mol. The zero-order chi connectivity index (χ0) is 20.3. The molecule has 0 spiro atoms. The van der Waals surface area contributed by atoms with Crippen molar-refractivity contribution in [2.75, 3.05) is 24.8 Å². The maximum Gasteiger partial charge on any atom is 0.223 e. The van der Waals surface area contributed by atoms with Crippen LogP contribution in [0.2, 0.25) is 5.15 Å². The summed E-state index contributed by atoms with van der Waals surface area (Å²) in [7, 11) is 1.57. The van der Waals surface area contributed by atoms with Gasteiger partial charge in [-0.1, -0.05) is 11.6 Å². The highest BCUT2D eigenvalue weighted by molar-refractivity contribution is 6.32. The highest BCUT2D eigenvalue weighted by Crippen LogP contribution is 2.36. The smallest absolute Gasteiger partial charge is 0.223 e. The highest BCUT2D eigenvalue weighted by atomic mass is 35.5. The van der Waals surface area contributed by atoms with Gasteiger partial charge < -0.3 is 31.1 Å². The molecule has 2 aromatic rings. The Morgan fingerprint density at radius 2 is 1.93 bits per heavy atom. The van der Waals surface area contributed by atoms with E-state index < -0.39 is 24.2 Å². The molecule has 0 bridgehead atoms. The number of benzene rings is 1. The molecule has 1 aromatic heterocycles. The maximum atomic E-state index is 10.2. The van der Waals surface area contributed by atoms with E-state index in [-0.39, 0.29) is 29.2 Å². The minimum Gasteiger partial charge on any atom is -0.497 e. The second kappa shape index (κ2) is 8.65. The Morgan fingerprint density at radius 1 is 1.21 bits per heavy atom. The minimum absolute atomic E-state index is 0.0148. The number of aliphatic hydroxyl groups excluding tert-OH is 3. The van der Waals surface area contributed by atoms with Crippen molar-refractivity contribution in [2.24, 2.45) is 16.1 Å². The second-order valence-corrected chi connectivity index (χ2v) is 6.74. The van der Waals surface area contributed by atoms with Crippen LogP contribution in [0.25, 0.3) is 0 Å². The van der Waals surface area contributed by atoms with Gasteiger partial charge >= 0.3 is 0 Å². The van der Waals surface area contributed by atoms with Gasteiger partial charge in [0.1, 0.15) is 11.9 Å². The number of hydrogen-bond acceptors (Lipinski definition) is 10. The molecule has 0 radical (unpaired) electrons. The van der Waals surface area contributed by atoms with Crippen molar-refractivity contribution < 1.29 is 20.1 Å². The predicted molar refractivity (Wildman–Crippen MR) is 103 cm³/mol. The standard InChI is InChI=1S/C17H21ClN6O4/c1-28-10-4-2-9(3-5-10)23-24-12-15(18)21-17(19)22-16(12)20-11-6-8(7-25)13(26)14(11)27/h2-5,8,11,13-14,25-27H,6-7H2,1H3,(H3,19,20,21,22)/b24-23+/t8-,11-,13-,14+/m1/s1. The molecule has 0 amide bonds. The molecule has 1 aromatic carbocycles. The van der Waals surface area contributed by atoms with Crippen molar-refractivity contribution >= 4 is 34.7 Å². The molecule has 1 aliphatic carbocycles. The molecule has 0 saturated heterocycles. The van der Waals surface area contributed by atoms with E-state index in [1.807, 2.05) is 0 Å².